The largest absolute Gasteiger partial charge is 0.357 e. The number of carbonyl (C=O) groups excluding carboxylic acids is 2. The van der Waals surface area contributed by atoms with Crippen molar-refractivity contribution in [3.05, 3.63) is 92.4 Å². The lowest BCUT2D eigenvalue weighted by atomic mass is 10.1. The van der Waals surface area contributed by atoms with Crippen molar-refractivity contribution in [2.45, 2.75) is 44.7 Å². The molecule has 0 radical (unpaired) electrons. The molecule has 3 aromatic rings. The third-order valence-electron chi connectivity index (χ3n) is 6.43. The minimum absolute atomic E-state index is 0.0173. The average Bonchev–Trinajstić information content (AvgIpc) is 2.90. The zero-order chi connectivity index (χ0) is 28.9. The molecule has 3 aromatic carbocycles. The number of amides is 2. The number of anilines is 1. The van der Waals surface area contributed by atoms with Gasteiger partial charge in [0.25, 0.3) is 10.0 Å². The fourth-order valence-electron chi connectivity index (χ4n) is 4.06. The highest BCUT2D eigenvalue weighted by Crippen LogP contribution is 2.28. The first kappa shape index (κ1) is 30.8. The molecule has 0 bridgehead atoms. The fourth-order valence-corrected chi connectivity index (χ4v) is 5.92. The number of carbonyl (C=O) groups is 2. The first-order valence-electron chi connectivity index (χ1n) is 12.2. The van der Waals surface area contributed by atoms with Gasteiger partial charge in [-0.05, 0) is 85.5 Å². The van der Waals surface area contributed by atoms with Crippen LogP contribution in [0.5, 0.6) is 0 Å². The first-order valence-corrected chi connectivity index (χ1v) is 14.8. The number of halogens is 3. The van der Waals surface area contributed by atoms with Gasteiger partial charge >= 0.3 is 0 Å². The second-order valence-electron chi connectivity index (χ2n) is 9.04. The second-order valence-corrected chi connectivity index (χ2v) is 12.2. The van der Waals surface area contributed by atoms with E-state index in [1.807, 2.05) is 13.8 Å². The molecular weight excluding hydrogens is 581 g/mol. The molecule has 11 heteroatoms. The molecule has 1 unspecified atom stereocenters. The zero-order valence-corrected chi connectivity index (χ0v) is 25.1. The summed E-state index contributed by atoms with van der Waals surface area (Å²) < 4.78 is 28.8. The Morgan fingerprint density at radius 1 is 0.897 bits per heavy atom. The summed E-state index contributed by atoms with van der Waals surface area (Å²) in [6.45, 7) is 5.03. The van der Waals surface area contributed by atoms with E-state index in [0.717, 1.165) is 15.4 Å². The Bertz CT molecular complexity index is 1460. The van der Waals surface area contributed by atoms with Crippen LogP contribution in [0.2, 0.25) is 15.1 Å². The molecular formula is C28H30Cl3N3O4S. The van der Waals surface area contributed by atoms with E-state index in [9.17, 15) is 18.0 Å². The van der Waals surface area contributed by atoms with Crippen molar-refractivity contribution >= 4 is 62.3 Å². The molecule has 0 aromatic heterocycles. The van der Waals surface area contributed by atoms with Crippen LogP contribution >= 0.6 is 34.8 Å². The van der Waals surface area contributed by atoms with Crippen LogP contribution in [-0.4, -0.2) is 44.8 Å². The number of nitrogens with one attached hydrogen (secondary N) is 1. The van der Waals surface area contributed by atoms with Gasteiger partial charge in [0, 0.05) is 18.6 Å². The molecule has 0 saturated heterocycles. The molecule has 0 aliphatic rings. The van der Waals surface area contributed by atoms with Crippen LogP contribution in [0.3, 0.4) is 0 Å². The number of benzene rings is 3. The Balaban J connectivity index is 2.09. The van der Waals surface area contributed by atoms with E-state index in [0.29, 0.717) is 32.7 Å². The monoisotopic (exact) mass is 609 g/mol. The highest BCUT2D eigenvalue weighted by molar-refractivity contribution is 7.92. The topological polar surface area (TPSA) is 86.8 Å². The third kappa shape index (κ3) is 7.25. The van der Waals surface area contributed by atoms with Gasteiger partial charge in [-0.25, -0.2) is 8.42 Å². The van der Waals surface area contributed by atoms with Gasteiger partial charge in [0.05, 0.1) is 20.6 Å². The van der Waals surface area contributed by atoms with Crippen LogP contribution in [0.1, 0.15) is 30.0 Å². The summed E-state index contributed by atoms with van der Waals surface area (Å²) >= 11 is 18.3. The van der Waals surface area contributed by atoms with Gasteiger partial charge in [-0.15, -0.1) is 0 Å². The summed E-state index contributed by atoms with van der Waals surface area (Å²) in [5.41, 5.74) is 2.80. The molecule has 1 atom stereocenters. The Hall–Kier alpha value is -2.78. The predicted octanol–water partition coefficient (Wildman–Crippen LogP) is 6.01. The van der Waals surface area contributed by atoms with Crippen LogP contribution in [0, 0.1) is 13.8 Å². The van der Waals surface area contributed by atoms with E-state index in [2.05, 4.69) is 5.32 Å². The summed E-state index contributed by atoms with van der Waals surface area (Å²) in [4.78, 5) is 28.1. The molecule has 0 spiro atoms. The summed E-state index contributed by atoms with van der Waals surface area (Å²) in [6, 6.07) is 15.0. The Labute approximate surface area is 244 Å². The standard InChI is InChI=1S/C28H30Cl3N3O4S/c1-5-26(28(36)32-4)33(16-20-7-13-24(30)25(31)15-20)27(35)17-34(22-10-6-18(2)19(3)14-22)39(37,38)23-11-8-21(29)9-12-23/h6-15,26H,5,16-17H2,1-4H3,(H,32,36). The molecule has 0 aliphatic carbocycles. The summed E-state index contributed by atoms with van der Waals surface area (Å²) in [5.74, 6) is -0.934. The lowest BCUT2D eigenvalue weighted by Crippen LogP contribution is -2.51. The number of hydrogen-bond acceptors (Lipinski definition) is 4. The first-order chi connectivity index (χ1) is 18.4. The molecule has 0 fully saturated rings. The molecule has 208 valence electrons. The highest BCUT2D eigenvalue weighted by Gasteiger charge is 2.33. The predicted molar refractivity (Wildman–Crippen MR) is 157 cm³/mol. The lowest BCUT2D eigenvalue weighted by molar-refractivity contribution is -0.140. The maximum atomic E-state index is 13.9. The van der Waals surface area contributed by atoms with Crippen molar-refractivity contribution in [2.24, 2.45) is 0 Å². The normalized spacial score (nSPS) is 12.1. The molecule has 2 amide bonds. The molecule has 1 N–H and O–H groups in total. The molecule has 7 nitrogen and oxygen atoms in total. The maximum absolute atomic E-state index is 13.9. The Morgan fingerprint density at radius 2 is 1.56 bits per heavy atom. The lowest BCUT2D eigenvalue weighted by Gasteiger charge is -2.33. The Morgan fingerprint density at radius 3 is 2.13 bits per heavy atom. The Kier molecular flexibility index (Phi) is 10.3. The van der Waals surface area contributed by atoms with Crippen LogP contribution in [0.15, 0.2) is 65.6 Å². The minimum atomic E-state index is -4.18. The maximum Gasteiger partial charge on any atom is 0.264 e. The zero-order valence-electron chi connectivity index (χ0n) is 22.0. The van der Waals surface area contributed by atoms with Crippen molar-refractivity contribution in [3.63, 3.8) is 0 Å². The van der Waals surface area contributed by atoms with Crippen LogP contribution in [0.25, 0.3) is 0 Å². The highest BCUT2D eigenvalue weighted by atomic mass is 35.5. The van der Waals surface area contributed by atoms with Gasteiger partial charge in [-0.2, -0.15) is 0 Å². The van der Waals surface area contributed by atoms with Crippen LogP contribution in [0.4, 0.5) is 5.69 Å². The molecule has 0 saturated carbocycles. The van der Waals surface area contributed by atoms with E-state index in [1.54, 1.807) is 43.3 Å². The molecule has 39 heavy (non-hydrogen) atoms. The van der Waals surface area contributed by atoms with Crippen LogP contribution < -0.4 is 9.62 Å². The number of aryl methyl sites for hydroxylation is 2. The van der Waals surface area contributed by atoms with Crippen LogP contribution in [-0.2, 0) is 26.2 Å². The van der Waals surface area contributed by atoms with E-state index in [-0.39, 0.29) is 17.3 Å². The van der Waals surface area contributed by atoms with Crippen molar-refractivity contribution in [1.29, 1.82) is 0 Å². The SMILES string of the molecule is CCC(C(=O)NC)N(Cc1ccc(Cl)c(Cl)c1)C(=O)CN(c1ccc(C)c(C)c1)S(=O)(=O)c1ccc(Cl)cc1. The number of rotatable bonds is 10. The quantitative estimate of drug-likeness (QED) is 0.305. The van der Waals surface area contributed by atoms with E-state index >= 15 is 0 Å². The number of hydrogen-bond donors (Lipinski definition) is 1. The van der Waals surface area contributed by atoms with Gasteiger partial charge in [-0.3, -0.25) is 13.9 Å². The third-order valence-corrected chi connectivity index (χ3v) is 9.21. The average molecular weight is 611 g/mol. The van der Waals surface area contributed by atoms with E-state index in [1.165, 1.54) is 36.2 Å². The van der Waals surface area contributed by atoms with Gasteiger partial charge in [0.15, 0.2) is 0 Å². The van der Waals surface area contributed by atoms with Crippen molar-refractivity contribution in [3.8, 4) is 0 Å². The number of likely N-dealkylation sites (N-methyl/N-ethyl adjacent to an activating group) is 1. The number of sulfonamides is 1. The minimum Gasteiger partial charge on any atom is -0.357 e. The fraction of sp³-hybridized carbons (Fsp3) is 0.286. The van der Waals surface area contributed by atoms with E-state index < -0.39 is 28.5 Å². The molecule has 3 rings (SSSR count). The second kappa shape index (κ2) is 13.0. The summed E-state index contributed by atoms with van der Waals surface area (Å²) in [5, 5.41) is 3.63. The molecule has 0 heterocycles. The van der Waals surface area contributed by atoms with Gasteiger partial charge in [0.1, 0.15) is 12.6 Å². The summed E-state index contributed by atoms with van der Waals surface area (Å²) in [6.07, 6.45) is 0.306. The smallest absolute Gasteiger partial charge is 0.264 e. The van der Waals surface area contributed by atoms with Gasteiger partial charge in [0.2, 0.25) is 11.8 Å². The number of nitrogens with zero attached hydrogens (tertiary/aromatic N) is 2. The van der Waals surface area contributed by atoms with E-state index in [4.69, 9.17) is 34.8 Å². The van der Waals surface area contributed by atoms with Crippen molar-refractivity contribution in [1.82, 2.24) is 10.2 Å². The van der Waals surface area contributed by atoms with Gasteiger partial charge in [-0.1, -0.05) is 53.9 Å². The molecule has 0 aliphatic heterocycles. The van der Waals surface area contributed by atoms with Gasteiger partial charge < -0.3 is 10.2 Å². The summed E-state index contributed by atoms with van der Waals surface area (Å²) in [7, 11) is -2.70. The van der Waals surface area contributed by atoms with Crippen molar-refractivity contribution < 1.29 is 18.0 Å². The van der Waals surface area contributed by atoms with Crippen molar-refractivity contribution in [2.75, 3.05) is 17.9 Å².